The fraction of sp³-hybridized carbons (Fsp3) is 0.600. The Labute approximate surface area is 106 Å². The SMILES string of the molecule is O=c1c(NCC(F)(F)F)c(Cl)cnn1CC1CC1. The molecule has 100 valence electrons. The Morgan fingerprint density at radius 1 is 1.50 bits per heavy atom. The third kappa shape index (κ3) is 3.38. The third-order valence-corrected chi connectivity index (χ3v) is 2.88. The van der Waals surface area contributed by atoms with Crippen molar-refractivity contribution in [2.45, 2.75) is 25.6 Å². The van der Waals surface area contributed by atoms with E-state index in [9.17, 15) is 18.0 Å². The van der Waals surface area contributed by atoms with Gasteiger partial charge in [-0.2, -0.15) is 18.3 Å². The predicted molar refractivity (Wildman–Crippen MR) is 60.8 cm³/mol. The van der Waals surface area contributed by atoms with Crippen molar-refractivity contribution in [3.05, 3.63) is 21.6 Å². The second-order valence-corrected chi connectivity index (χ2v) is 4.67. The van der Waals surface area contributed by atoms with Crippen molar-refractivity contribution in [1.82, 2.24) is 9.78 Å². The van der Waals surface area contributed by atoms with Crippen molar-refractivity contribution in [3.63, 3.8) is 0 Å². The topological polar surface area (TPSA) is 46.9 Å². The molecule has 1 aromatic heterocycles. The maximum Gasteiger partial charge on any atom is 0.405 e. The van der Waals surface area contributed by atoms with Crippen molar-refractivity contribution in [2.24, 2.45) is 5.92 Å². The van der Waals surface area contributed by atoms with Gasteiger partial charge in [0.25, 0.3) is 5.56 Å². The summed E-state index contributed by atoms with van der Waals surface area (Å²) in [6.45, 7) is -0.869. The van der Waals surface area contributed by atoms with Crippen molar-refractivity contribution < 1.29 is 13.2 Å². The van der Waals surface area contributed by atoms with Gasteiger partial charge in [0.2, 0.25) is 0 Å². The Kier molecular flexibility index (Phi) is 3.52. The van der Waals surface area contributed by atoms with Gasteiger partial charge in [0.1, 0.15) is 12.2 Å². The van der Waals surface area contributed by atoms with Crippen LogP contribution in [-0.2, 0) is 6.54 Å². The Hall–Kier alpha value is -1.24. The number of rotatable bonds is 4. The van der Waals surface area contributed by atoms with Crippen LogP contribution in [0.3, 0.4) is 0 Å². The number of aromatic nitrogens is 2. The van der Waals surface area contributed by atoms with Crippen molar-refractivity contribution >= 4 is 17.3 Å². The first-order chi connectivity index (χ1) is 8.37. The van der Waals surface area contributed by atoms with Crippen LogP contribution in [0.4, 0.5) is 18.9 Å². The standard InChI is InChI=1S/C10H11ClF3N3O/c11-7-3-16-17(4-6-1-2-6)9(18)8(7)15-5-10(12,13)14/h3,6,15H,1-2,4-5H2. The molecule has 1 aromatic rings. The first-order valence-electron chi connectivity index (χ1n) is 5.43. The molecular weight excluding hydrogens is 271 g/mol. The van der Waals surface area contributed by atoms with Gasteiger partial charge in [-0.05, 0) is 18.8 Å². The van der Waals surface area contributed by atoms with E-state index in [0.717, 1.165) is 17.5 Å². The minimum absolute atomic E-state index is 0.101. The molecule has 0 saturated heterocycles. The maximum atomic E-state index is 12.1. The molecule has 0 aliphatic heterocycles. The highest BCUT2D eigenvalue weighted by Gasteiger charge is 2.28. The number of hydrogen-bond donors (Lipinski definition) is 1. The zero-order valence-corrected chi connectivity index (χ0v) is 10.1. The second kappa shape index (κ2) is 4.79. The van der Waals surface area contributed by atoms with E-state index in [2.05, 4.69) is 5.10 Å². The maximum absolute atomic E-state index is 12.1. The molecule has 1 N–H and O–H groups in total. The highest BCUT2D eigenvalue weighted by molar-refractivity contribution is 6.32. The van der Waals surface area contributed by atoms with Crippen LogP contribution in [0, 0.1) is 5.92 Å². The van der Waals surface area contributed by atoms with Gasteiger partial charge < -0.3 is 5.32 Å². The lowest BCUT2D eigenvalue weighted by molar-refractivity contribution is -0.115. The van der Waals surface area contributed by atoms with E-state index in [1.807, 2.05) is 5.32 Å². The zero-order chi connectivity index (χ0) is 13.3. The van der Waals surface area contributed by atoms with Gasteiger partial charge in [-0.15, -0.1) is 0 Å². The number of hydrogen-bond acceptors (Lipinski definition) is 3. The van der Waals surface area contributed by atoms with Gasteiger partial charge in [-0.1, -0.05) is 11.6 Å². The molecular formula is C10H11ClF3N3O. The summed E-state index contributed by atoms with van der Waals surface area (Å²) in [4.78, 5) is 11.9. The summed E-state index contributed by atoms with van der Waals surface area (Å²) in [5, 5.41) is 5.74. The number of nitrogens with one attached hydrogen (secondary N) is 1. The number of alkyl halides is 3. The Balaban J connectivity index is 2.19. The summed E-state index contributed by atoms with van der Waals surface area (Å²) in [7, 11) is 0. The van der Waals surface area contributed by atoms with Crippen molar-refractivity contribution in [1.29, 1.82) is 0 Å². The molecule has 0 unspecified atom stereocenters. The van der Waals surface area contributed by atoms with E-state index in [1.54, 1.807) is 0 Å². The molecule has 1 aliphatic carbocycles. The number of nitrogens with zero attached hydrogens (tertiary/aromatic N) is 2. The molecule has 1 aliphatic rings. The summed E-state index contributed by atoms with van der Waals surface area (Å²) in [6, 6.07) is 0. The fourth-order valence-corrected chi connectivity index (χ4v) is 1.68. The molecule has 18 heavy (non-hydrogen) atoms. The van der Waals surface area contributed by atoms with E-state index in [0.29, 0.717) is 12.5 Å². The first-order valence-corrected chi connectivity index (χ1v) is 5.81. The molecule has 1 saturated carbocycles. The van der Waals surface area contributed by atoms with Gasteiger partial charge in [-0.3, -0.25) is 4.79 Å². The van der Waals surface area contributed by atoms with Crippen molar-refractivity contribution in [3.8, 4) is 0 Å². The van der Waals surface area contributed by atoms with Gasteiger partial charge in [-0.25, -0.2) is 4.68 Å². The molecule has 0 atom stereocenters. The highest BCUT2D eigenvalue weighted by Crippen LogP contribution is 2.30. The van der Waals surface area contributed by atoms with Gasteiger partial charge in [0.05, 0.1) is 11.2 Å². The predicted octanol–water partition coefficient (Wildman–Crippen LogP) is 2.28. The normalized spacial score (nSPS) is 15.8. The van der Waals surface area contributed by atoms with E-state index >= 15 is 0 Å². The lowest BCUT2D eigenvalue weighted by Crippen LogP contribution is -2.30. The number of anilines is 1. The van der Waals surface area contributed by atoms with Crippen LogP contribution >= 0.6 is 11.6 Å². The molecule has 0 bridgehead atoms. The third-order valence-electron chi connectivity index (χ3n) is 2.59. The average Bonchev–Trinajstić information content (AvgIpc) is 3.04. The molecule has 0 spiro atoms. The quantitative estimate of drug-likeness (QED) is 0.921. The van der Waals surface area contributed by atoms with Gasteiger partial charge in [0, 0.05) is 6.54 Å². The van der Waals surface area contributed by atoms with Crippen LogP contribution in [0.2, 0.25) is 5.02 Å². The molecule has 8 heteroatoms. The lowest BCUT2D eigenvalue weighted by atomic mass is 10.4. The molecule has 0 aromatic carbocycles. The molecule has 1 heterocycles. The first kappa shape index (κ1) is 13.2. The molecule has 0 radical (unpaired) electrons. The minimum Gasteiger partial charge on any atom is -0.371 e. The molecule has 4 nitrogen and oxygen atoms in total. The zero-order valence-electron chi connectivity index (χ0n) is 9.30. The van der Waals surface area contributed by atoms with E-state index in [4.69, 9.17) is 11.6 Å². The Morgan fingerprint density at radius 3 is 2.72 bits per heavy atom. The van der Waals surface area contributed by atoms with Crippen LogP contribution in [0.5, 0.6) is 0 Å². The van der Waals surface area contributed by atoms with Crippen LogP contribution in [0.1, 0.15) is 12.8 Å². The van der Waals surface area contributed by atoms with E-state index < -0.39 is 18.3 Å². The van der Waals surface area contributed by atoms with Crippen LogP contribution in [0.25, 0.3) is 0 Å². The summed E-state index contributed by atoms with van der Waals surface area (Å²) in [6.07, 6.45) is -1.19. The molecule has 2 rings (SSSR count). The molecule has 0 amide bonds. The summed E-state index contributed by atoms with van der Waals surface area (Å²) in [5.41, 5.74) is -0.858. The summed E-state index contributed by atoms with van der Waals surface area (Å²) < 4.78 is 37.4. The van der Waals surface area contributed by atoms with Gasteiger partial charge in [0.15, 0.2) is 0 Å². The summed E-state index contributed by atoms with van der Waals surface area (Å²) >= 11 is 5.68. The highest BCUT2D eigenvalue weighted by atomic mass is 35.5. The van der Waals surface area contributed by atoms with Crippen LogP contribution < -0.4 is 10.9 Å². The van der Waals surface area contributed by atoms with E-state index in [1.165, 1.54) is 6.20 Å². The number of halogens is 4. The van der Waals surface area contributed by atoms with Gasteiger partial charge >= 0.3 is 6.18 Å². The minimum atomic E-state index is -4.40. The fourth-order valence-electron chi connectivity index (χ4n) is 1.49. The largest absolute Gasteiger partial charge is 0.405 e. The summed E-state index contributed by atoms with van der Waals surface area (Å²) in [5.74, 6) is 0.395. The smallest absolute Gasteiger partial charge is 0.371 e. The second-order valence-electron chi connectivity index (χ2n) is 4.27. The van der Waals surface area contributed by atoms with Crippen LogP contribution in [0.15, 0.2) is 11.0 Å². The lowest BCUT2D eigenvalue weighted by Gasteiger charge is -2.12. The Bertz CT molecular complexity index is 496. The average molecular weight is 282 g/mol. The Morgan fingerprint density at radius 2 is 2.17 bits per heavy atom. The van der Waals surface area contributed by atoms with Crippen molar-refractivity contribution in [2.75, 3.05) is 11.9 Å². The monoisotopic (exact) mass is 281 g/mol. The molecule has 1 fully saturated rings. The van der Waals surface area contributed by atoms with Crippen LogP contribution in [-0.4, -0.2) is 22.5 Å². The van der Waals surface area contributed by atoms with E-state index in [-0.39, 0.29) is 10.7 Å².